The summed E-state index contributed by atoms with van der Waals surface area (Å²) in [4.78, 5) is 0. The molecule has 0 unspecified atom stereocenters. The molecule has 135 valence electrons. The Bertz CT molecular complexity index is 286. The third-order valence-corrected chi connectivity index (χ3v) is 4.18. The van der Waals surface area contributed by atoms with Gasteiger partial charge in [0.1, 0.15) is 0 Å². The third-order valence-electron chi connectivity index (χ3n) is 3.99. The van der Waals surface area contributed by atoms with Crippen LogP contribution >= 0.6 is 0 Å². The molecule has 3 N–H and O–H groups in total. The number of nitrogens with two attached hydrogens (primary N) is 1. The Morgan fingerprint density at radius 2 is 1.30 bits per heavy atom. The van der Waals surface area contributed by atoms with Crippen LogP contribution in [0.25, 0.3) is 0 Å². The standard InChI is InChI=1S/C19H38N3Se/c1-2-3-4-5-6-7-8-9-10-11-12-13-14-15-16-17-18-21-22-19(20)23/h9-10,21H,2-8,11-18H2,1H3,(H2,20,22)/b10-9-. The molecule has 0 bridgehead atoms. The molecular formula is C19H38N3Se. The van der Waals surface area contributed by atoms with Crippen LogP contribution < -0.4 is 11.2 Å². The normalized spacial score (nSPS) is 12.1. The van der Waals surface area contributed by atoms with E-state index in [0.29, 0.717) is 4.73 Å². The Hall–Kier alpha value is -0.471. The van der Waals surface area contributed by atoms with Crippen LogP contribution in [-0.4, -0.2) is 27.3 Å². The van der Waals surface area contributed by atoms with Gasteiger partial charge in [0.25, 0.3) is 0 Å². The summed E-state index contributed by atoms with van der Waals surface area (Å²) in [5, 5.41) is 3.91. The van der Waals surface area contributed by atoms with Crippen molar-refractivity contribution < 1.29 is 0 Å². The molecule has 0 amide bonds. The van der Waals surface area contributed by atoms with Gasteiger partial charge in [-0.2, -0.15) is 0 Å². The molecule has 0 aromatic rings. The van der Waals surface area contributed by atoms with E-state index in [1.165, 1.54) is 89.9 Å². The van der Waals surface area contributed by atoms with E-state index in [4.69, 9.17) is 5.73 Å². The molecule has 0 spiro atoms. The van der Waals surface area contributed by atoms with Crippen LogP contribution in [0.3, 0.4) is 0 Å². The second-order valence-corrected chi connectivity index (χ2v) is 7.17. The fourth-order valence-corrected chi connectivity index (χ4v) is 2.72. The molecule has 0 aromatic carbocycles. The maximum atomic E-state index is 5.39. The van der Waals surface area contributed by atoms with Crippen LogP contribution in [0.4, 0.5) is 0 Å². The Morgan fingerprint density at radius 3 is 1.83 bits per heavy atom. The molecule has 0 aliphatic rings. The first-order chi connectivity index (χ1) is 11.3. The van der Waals surface area contributed by atoms with Gasteiger partial charge in [0, 0.05) is 0 Å². The predicted octanol–water partition coefficient (Wildman–Crippen LogP) is 5.01. The van der Waals surface area contributed by atoms with Crippen LogP contribution in [0.2, 0.25) is 0 Å². The summed E-state index contributed by atoms with van der Waals surface area (Å²) >= 11 is 2.66. The van der Waals surface area contributed by atoms with Gasteiger partial charge in [-0.1, -0.05) is 45.1 Å². The van der Waals surface area contributed by atoms with Crippen LogP contribution in [0.1, 0.15) is 96.8 Å². The second kappa shape index (κ2) is 19.6. The van der Waals surface area contributed by atoms with Crippen LogP contribution in [-0.2, 0) is 0 Å². The van der Waals surface area contributed by atoms with Gasteiger partial charge in [0.2, 0.25) is 0 Å². The zero-order valence-electron chi connectivity index (χ0n) is 15.2. The fourth-order valence-electron chi connectivity index (χ4n) is 2.59. The molecule has 0 aliphatic heterocycles. The Labute approximate surface area is 152 Å². The van der Waals surface area contributed by atoms with Crippen molar-refractivity contribution in [2.45, 2.75) is 96.8 Å². The average Bonchev–Trinajstić information content (AvgIpc) is 2.53. The van der Waals surface area contributed by atoms with Crippen molar-refractivity contribution >= 4 is 20.7 Å². The van der Waals surface area contributed by atoms with E-state index in [0.717, 1.165) is 6.54 Å². The first-order valence-corrected chi connectivity index (χ1v) is 10.5. The van der Waals surface area contributed by atoms with E-state index in [9.17, 15) is 0 Å². The summed E-state index contributed by atoms with van der Waals surface area (Å²) in [6.07, 6.45) is 23.6. The third kappa shape index (κ3) is 21.5. The van der Waals surface area contributed by atoms with E-state index in [-0.39, 0.29) is 0 Å². The first kappa shape index (κ1) is 22.5. The summed E-state index contributed by atoms with van der Waals surface area (Å²) in [7, 11) is 0. The van der Waals surface area contributed by atoms with Crippen LogP contribution in [0.5, 0.6) is 0 Å². The molecular weight excluding hydrogens is 349 g/mol. The van der Waals surface area contributed by atoms with Gasteiger partial charge in [0.15, 0.2) is 0 Å². The number of nitrogens with one attached hydrogen (secondary N) is 1. The minimum absolute atomic E-state index is 0.481. The SMILES string of the molecule is CCCCCCCC/C=C\CCCCCCCCNN=C(N)[Se]. The average molecular weight is 387 g/mol. The number of amidine groups is 1. The van der Waals surface area contributed by atoms with E-state index in [2.05, 4.69) is 45.6 Å². The van der Waals surface area contributed by atoms with Gasteiger partial charge in [0.05, 0.1) is 0 Å². The summed E-state index contributed by atoms with van der Waals surface area (Å²) < 4.78 is 0.481. The van der Waals surface area contributed by atoms with Gasteiger partial charge in [-0.3, -0.25) is 0 Å². The summed E-state index contributed by atoms with van der Waals surface area (Å²) in [6.45, 7) is 3.20. The summed E-state index contributed by atoms with van der Waals surface area (Å²) in [6, 6.07) is 0. The predicted molar refractivity (Wildman–Crippen MR) is 105 cm³/mol. The quantitative estimate of drug-likeness (QED) is 0.0920. The molecule has 23 heavy (non-hydrogen) atoms. The zero-order chi connectivity index (χ0) is 17.0. The van der Waals surface area contributed by atoms with Crippen molar-refractivity contribution in [2.75, 3.05) is 6.54 Å². The minimum atomic E-state index is 0.481. The van der Waals surface area contributed by atoms with Crippen molar-refractivity contribution in [1.29, 1.82) is 0 Å². The molecule has 4 heteroatoms. The number of unbranched alkanes of at least 4 members (excludes halogenated alkanes) is 12. The molecule has 0 heterocycles. The molecule has 0 atom stereocenters. The van der Waals surface area contributed by atoms with Crippen molar-refractivity contribution in [3.8, 4) is 0 Å². The Morgan fingerprint density at radius 1 is 0.826 bits per heavy atom. The van der Waals surface area contributed by atoms with Gasteiger partial charge in [-0.15, -0.1) is 0 Å². The van der Waals surface area contributed by atoms with Crippen molar-refractivity contribution in [3.63, 3.8) is 0 Å². The summed E-state index contributed by atoms with van der Waals surface area (Å²) in [5.74, 6) is 0. The van der Waals surface area contributed by atoms with Crippen LogP contribution in [0.15, 0.2) is 17.3 Å². The summed E-state index contributed by atoms with van der Waals surface area (Å²) in [5.41, 5.74) is 8.35. The van der Waals surface area contributed by atoms with Gasteiger partial charge < -0.3 is 0 Å². The molecule has 0 fully saturated rings. The number of hydrogen-bond donors (Lipinski definition) is 2. The van der Waals surface area contributed by atoms with Gasteiger partial charge in [-0.25, -0.2) is 0 Å². The maximum absolute atomic E-state index is 5.39. The Kier molecular flexibility index (Phi) is 19.2. The number of rotatable bonds is 17. The number of allylic oxidation sites excluding steroid dienone is 2. The topological polar surface area (TPSA) is 50.4 Å². The van der Waals surface area contributed by atoms with Crippen molar-refractivity contribution in [3.05, 3.63) is 12.2 Å². The monoisotopic (exact) mass is 388 g/mol. The molecule has 0 aliphatic carbocycles. The van der Waals surface area contributed by atoms with Gasteiger partial charge >= 0.3 is 94.6 Å². The van der Waals surface area contributed by atoms with E-state index < -0.39 is 0 Å². The first-order valence-electron chi connectivity index (χ1n) is 9.65. The molecule has 0 aromatic heterocycles. The molecule has 1 radical (unpaired) electrons. The van der Waals surface area contributed by atoms with Gasteiger partial charge in [-0.05, 0) is 12.8 Å². The van der Waals surface area contributed by atoms with Crippen molar-refractivity contribution in [2.24, 2.45) is 10.8 Å². The number of nitrogens with zero attached hydrogens (tertiary/aromatic N) is 1. The zero-order valence-corrected chi connectivity index (χ0v) is 16.9. The van der Waals surface area contributed by atoms with E-state index >= 15 is 0 Å². The molecule has 3 nitrogen and oxygen atoms in total. The van der Waals surface area contributed by atoms with E-state index in [1.54, 1.807) is 0 Å². The molecule has 0 saturated carbocycles. The fraction of sp³-hybridized carbons (Fsp3) is 0.842. The molecule has 0 rings (SSSR count). The van der Waals surface area contributed by atoms with E-state index in [1.807, 2.05) is 0 Å². The molecule has 0 saturated heterocycles. The second-order valence-electron chi connectivity index (χ2n) is 6.30. The van der Waals surface area contributed by atoms with Crippen molar-refractivity contribution in [1.82, 2.24) is 5.43 Å². The number of hydrazone groups is 1. The Balaban J connectivity index is 3.09. The number of hydrogen-bond acceptors (Lipinski definition) is 2. The van der Waals surface area contributed by atoms with Crippen LogP contribution in [0, 0.1) is 0 Å².